The average Bonchev–Trinajstić information content (AvgIpc) is 2.73. The van der Waals surface area contributed by atoms with Crippen LogP contribution in [-0.4, -0.2) is 47.1 Å². The zero-order chi connectivity index (χ0) is 14.7. The van der Waals surface area contributed by atoms with Crippen molar-refractivity contribution in [3.63, 3.8) is 0 Å². The van der Waals surface area contributed by atoms with E-state index in [1.165, 1.54) is 6.42 Å². The number of anilines is 1. The number of likely N-dealkylation sites (N-methyl/N-ethyl adjacent to an activating group) is 1. The van der Waals surface area contributed by atoms with Crippen LogP contribution in [0.2, 0.25) is 0 Å². The molecular formula is C13H23N5O2. The molecule has 1 aromatic rings. The first-order valence-electron chi connectivity index (χ1n) is 6.88. The monoisotopic (exact) mass is 281 g/mol. The van der Waals surface area contributed by atoms with Gasteiger partial charge in [-0.2, -0.15) is 5.10 Å². The molecule has 0 saturated carbocycles. The van der Waals surface area contributed by atoms with Gasteiger partial charge in [0.2, 0.25) is 0 Å². The highest BCUT2D eigenvalue weighted by Gasteiger charge is 2.23. The van der Waals surface area contributed by atoms with E-state index in [2.05, 4.69) is 15.2 Å². The summed E-state index contributed by atoms with van der Waals surface area (Å²) in [7, 11) is 3.83. The predicted octanol–water partition coefficient (Wildman–Crippen LogP) is 0.828. The number of hydrogen-bond donors (Lipinski definition) is 2. The first-order valence-corrected chi connectivity index (χ1v) is 6.88. The van der Waals surface area contributed by atoms with Crippen molar-refractivity contribution < 1.29 is 9.94 Å². The van der Waals surface area contributed by atoms with E-state index in [0.29, 0.717) is 5.56 Å². The maximum Gasteiger partial charge on any atom is 0.175 e. The summed E-state index contributed by atoms with van der Waals surface area (Å²) in [5, 5.41) is 16.4. The van der Waals surface area contributed by atoms with Gasteiger partial charge in [0.1, 0.15) is 5.82 Å². The van der Waals surface area contributed by atoms with Crippen LogP contribution in [0.4, 0.5) is 5.82 Å². The Morgan fingerprint density at radius 1 is 1.60 bits per heavy atom. The van der Waals surface area contributed by atoms with Crippen LogP contribution in [0.5, 0.6) is 0 Å². The molecular weight excluding hydrogens is 258 g/mol. The number of rotatable bonds is 4. The van der Waals surface area contributed by atoms with Crippen LogP contribution < -0.4 is 10.6 Å². The van der Waals surface area contributed by atoms with Gasteiger partial charge in [-0.3, -0.25) is 4.68 Å². The number of aromatic nitrogens is 2. The smallest absolute Gasteiger partial charge is 0.175 e. The number of aryl methyl sites for hydroxylation is 2. The Hall–Kier alpha value is -1.76. The second kappa shape index (κ2) is 6.13. The van der Waals surface area contributed by atoms with Crippen molar-refractivity contribution in [2.45, 2.75) is 32.3 Å². The van der Waals surface area contributed by atoms with Gasteiger partial charge in [0.05, 0.1) is 17.4 Å². The molecule has 0 amide bonds. The van der Waals surface area contributed by atoms with Crippen molar-refractivity contribution in [1.82, 2.24) is 9.78 Å². The second-order valence-electron chi connectivity index (χ2n) is 5.26. The van der Waals surface area contributed by atoms with Crippen molar-refractivity contribution in [3.05, 3.63) is 11.3 Å². The van der Waals surface area contributed by atoms with Crippen molar-refractivity contribution in [2.75, 3.05) is 25.1 Å². The zero-order valence-corrected chi connectivity index (χ0v) is 12.3. The summed E-state index contributed by atoms with van der Waals surface area (Å²) in [6, 6.07) is 0. The third kappa shape index (κ3) is 2.87. The van der Waals surface area contributed by atoms with E-state index < -0.39 is 0 Å². The van der Waals surface area contributed by atoms with Crippen LogP contribution in [0, 0.1) is 6.92 Å². The fourth-order valence-electron chi connectivity index (χ4n) is 2.78. The Labute approximate surface area is 119 Å². The lowest BCUT2D eigenvalue weighted by molar-refractivity contribution is 0.0214. The Morgan fingerprint density at radius 3 is 2.95 bits per heavy atom. The van der Waals surface area contributed by atoms with Crippen LogP contribution >= 0.6 is 0 Å². The van der Waals surface area contributed by atoms with Crippen molar-refractivity contribution in [3.8, 4) is 0 Å². The average molecular weight is 281 g/mol. The minimum Gasteiger partial charge on any atom is -0.409 e. The number of hydrogen-bond acceptors (Lipinski definition) is 5. The molecule has 1 saturated heterocycles. The highest BCUT2D eigenvalue weighted by molar-refractivity contribution is 6.02. The number of nitrogens with zero attached hydrogens (tertiary/aromatic N) is 4. The topological polar surface area (TPSA) is 88.9 Å². The molecule has 1 aliphatic heterocycles. The molecule has 0 bridgehead atoms. The van der Waals surface area contributed by atoms with Crippen molar-refractivity contribution in [1.29, 1.82) is 0 Å². The maximum absolute atomic E-state index is 8.93. The molecule has 0 aliphatic carbocycles. The molecule has 1 aromatic heterocycles. The summed E-state index contributed by atoms with van der Waals surface area (Å²) in [5.41, 5.74) is 7.19. The molecule has 20 heavy (non-hydrogen) atoms. The first-order chi connectivity index (χ1) is 9.54. The lowest BCUT2D eigenvalue weighted by atomic mass is 10.1. The Morgan fingerprint density at radius 2 is 2.35 bits per heavy atom. The maximum atomic E-state index is 8.93. The molecule has 1 aliphatic rings. The SMILES string of the molecule is Cc1nn(C)c(N(C)CC2CCCCO2)c1C(N)=NO. The molecule has 1 unspecified atom stereocenters. The normalized spacial score (nSPS) is 20.1. The number of ether oxygens (including phenoxy) is 1. The molecule has 2 rings (SSSR count). The lowest BCUT2D eigenvalue weighted by Crippen LogP contribution is -2.35. The van der Waals surface area contributed by atoms with Gasteiger partial charge < -0.3 is 20.6 Å². The van der Waals surface area contributed by atoms with E-state index >= 15 is 0 Å². The highest BCUT2D eigenvalue weighted by Crippen LogP contribution is 2.23. The summed E-state index contributed by atoms with van der Waals surface area (Å²) >= 11 is 0. The van der Waals surface area contributed by atoms with Crippen LogP contribution in [-0.2, 0) is 11.8 Å². The quantitative estimate of drug-likeness (QED) is 0.369. The van der Waals surface area contributed by atoms with Gasteiger partial charge in [0.15, 0.2) is 5.84 Å². The van der Waals surface area contributed by atoms with E-state index in [0.717, 1.165) is 37.5 Å². The zero-order valence-electron chi connectivity index (χ0n) is 12.3. The molecule has 7 heteroatoms. The summed E-state index contributed by atoms with van der Waals surface area (Å²) in [4.78, 5) is 2.06. The number of nitrogens with two attached hydrogens (primary N) is 1. The summed E-state index contributed by atoms with van der Waals surface area (Å²) < 4.78 is 7.52. The molecule has 3 N–H and O–H groups in total. The van der Waals surface area contributed by atoms with Gasteiger partial charge in [-0.1, -0.05) is 5.16 Å². The second-order valence-corrected chi connectivity index (χ2v) is 5.26. The van der Waals surface area contributed by atoms with Crippen LogP contribution in [0.3, 0.4) is 0 Å². The standard InChI is InChI=1S/C13H23N5O2/c1-9-11(12(14)16-19)13(18(3)15-9)17(2)8-10-6-4-5-7-20-10/h10,19H,4-8H2,1-3H3,(H2,14,16). The fraction of sp³-hybridized carbons (Fsp3) is 0.692. The van der Waals surface area contributed by atoms with E-state index in [1.807, 2.05) is 21.0 Å². The van der Waals surface area contributed by atoms with E-state index in [9.17, 15) is 0 Å². The largest absolute Gasteiger partial charge is 0.409 e. The minimum atomic E-state index is 0.0852. The van der Waals surface area contributed by atoms with Gasteiger partial charge in [0.25, 0.3) is 0 Å². The Balaban J connectivity index is 2.22. The van der Waals surface area contributed by atoms with Crippen LogP contribution in [0.15, 0.2) is 5.16 Å². The van der Waals surface area contributed by atoms with Gasteiger partial charge in [-0.25, -0.2) is 0 Å². The Bertz CT molecular complexity index is 491. The molecule has 0 spiro atoms. The fourth-order valence-corrected chi connectivity index (χ4v) is 2.78. The third-order valence-corrected chi connectivity index (χ3v) is 3.67. The molecule has 1 atom stereocenters. The predicted molar refractivity (Wildman–Crippen MR) is 77.3 cm³/mol. The van der Waals surface area contributed by atoms with Crippen LogP contribution in [0.25, 0.3) is 0 Å². The van der Waals surface area contributed by atoms with Crippen molar-refractivity contribution in [2.24, 2.45) is 17.9 Å². The van der Waals surface area contributed by atoms with Crippen molar-refractivity contribution >= 4 is 11.7 Å². The van der Waals surface area contributed by atoms with Gasteiger partial charge >= 0.3 is 0 Å². The number of amidine groups is 1. The van der Waals surface area contributed by atoms with Gasteiger partial charge in [0, 0.05) is 27.2 Å². The highest BCUT2D eigenvalue weighted by atomic mass is 16.5. The van der Waals surface area contributed by atoms with Gasteiger partial charge in [-0.05, 0) is 26.2 Å². The molecule has 112 valence electrons. The minimum absolute atomic E-state index is 0.0852. The van der Waals surface area contributed by atoms with Crippen LogP contribution in [0.1, 0.15) is 30.5 Å². The van der Waals surface area contributed by atoms with E-state index in [1.54, 1.807) is 4.68 Å². The molecule has 0 aromatic carbocycles. The van der Waals surface area contributed by atoms with E-state index in [4.69, 9.17) is 15.7 Å². The summed E-state index contributed by atoms with van der Waals surface area (Å²) in [6.45, 7) is 3.45. The first kappa shape index (κ1) is 14.6. The Kier molecular flexibility index (Phi) is 4.49. The molecule has 1 fully saturated rings. The van der Waals surface area contributed by atoms with E-state index in [-0.39, 0.29) is 11.9 Å². The molecule has 2 heterocycles. The molecule has 7 nitrogen and oxygen atoms in total. The number of oxime groups is 1. The summed E-state index contributed by atoms with van der Waals surface area (Å²) in [6.07, 6.45) is 3.64. The molecule has 0 radical (unpaired) electrons. The summed E-state index contributed by atoms with van der Waals surface area (Å²) in [5.74, 6) is 0.925. The van der Waals surface area contributed by atoms with Gasteiger partial charge in [-0.15, -0.1) is 0 Å². The third-order valence-electron chi connectivity index (χ3n) is 3.67. The lowest BCUT2D eigenvalue weighted by Gasteiger charge is -2.29.